The SMILES string of the molecule is CCCCCCCCOP(=O)(O)OC(C)(C(C)O)C(C)O.N. The molecule has 0 aromatic carbocycles. The lowest BCUT2D eigenvalue weighted by Gasteiger charge is -2.35. The summed E-state index contributed by atoms with van der Waals surface area (Å²) in [6.07, 6.45) is 3.99. The molecule has 0 rings (SSSR count). The fourth-order valence-corrected chi connectivity index (χ4v) is 3.05. The highest BCUT2D eigenvalue weighted by atomic mass is 31.2. The van der Waals surface area contributed by atoms with E-state index in [0.29, 0.717) is 6.42 Å². The third-order valence-corrected chi connectivity index (χ3v) is 4.86. The van der Waals surface area contributed by atoms with E-state index in [9.17, 15) is 19.7 Å². The number of phosphoric acid groups is 1. The van der Waals surface area contributed by atoms with Gasteiger partial charge in [-0.25, -0.2) is 4.57 Å². The van der Waals surface area contributed by atoms with E-state index in [0.717, 1.165) is 19.3 Å². The lowest BCUT2D eigenvalue weighted by Crippen LogP contribution is -2.48. The van der Waals surface area contributed by atoms with Crippen LogP contribution in [0.15, 0.2) is 0 Å². The zero-order valence-corrected chi connectivity index (χ0v) is 15.2. The highest BCUT2D eigenvalue weighted by Gasteiger charge is 2.43. The van der Waals surface area contributed by atoms with Crippen LogP contribution in [0.5, 0.6) is 0 Å². The molecular weight excluding hydrogens is 309 g/mol. The van der Waals surface area contributed by atoms with Gasteiger partial charge in [-0.15, -0.1) is 0 Å². The van der Waals surface area contributed by atoms with Gasteiger partial charge in [0.1, 0.15) is 5.60 Å². The van der Waals surface area contributed by atoms with Crippen LogP contribution in [0.1, 0.15) is 66.2 Å². The van der Waals surface area contributed by atoms with Gasteiger partial charge in [-0.1, -0.05) is 39.0 Å². The van der Waals surface area contributed by atoms with Crippen LogP contribution < -0.4 is 6.15 Å². The van der Waals surface area contributed by atoms with E-state index in [-0.39, 0.29) is 12.8 Å². The van der Waals surface area contributed by atoms with Gasteiger partial charge >= 0.3 is 7.82 Å². The van der Waals surface area contributed by atoms with Gasteiger partial charge in [-0.3, -0.25) is 9.05 Å². The second kappa shape index (κ2) is 11.5. The molecule has 0 aromatic rings. The van der Waals surface area contributed by atoms with Crippen LogP contribution in [0.3, 0.4) is 0 Å². The van der Waals surface area contributed by atoms with Crippen molar-refractivity contribution < 1.29 is 28.7 Å². The Morgan fingerprint density at radius 3 is 1.95 bits per heavy atom. The molecular formula is C14H34NO6P. The highest BCUT2D eigenvalue weighted by molar-refractivity contribution is 7.47. The molecule has 0 saturated heterocycles. The maximum absolute atomic E-state index is 11.9. The molecule has 0 heterocycles. The molecule has 0 bridgehead atoms. The maximum Gasteiger partial charge on any atom is 0.472 e. The zero-order valence-electron chi connectivity index (χ0n) is 14.3. The molecule has 0 aliphatic heterocycles. The summed E-state index contributed by atoms with van der Waals surface area (Å²) in [6, 6.07) is 0. The molecule has 0 radical (unpaired) electrons. The van der Waals surface area contributed by atoms with Crippen molar-refractivity contribution in [2.75, 3.05) is 6.61 Å². The van der Waals surface area contributed by atoms with E-state index in [1.165, 1.54) is 33.6 Å². The van der Waals surface area contributed by atoms with E-state index >= 15 is 0 Å². The van der Waals surface area contributed by atoms with Crippen molar-refractivity contribution >= 4 is 7.82 Å². The molecule has 0 saturated carbocycles. The van der Waals surface area contributed by atoms with Gasteiger partial charge in [0.2, 0.25) is 0 Å². The van der Waals surface area contributed by atoms with Crippen molar-refractivity contribution in [2.45, 2.75) is 84.0 Å². The van der Waals surface area contributed by atoms with Crippen LogP contribution in [0, 0.1) is 0 Å². The zero-order chi connectivity index (χ0) is 16.5. The van der Waals surface area contributed by atoms with Crippen molar-refractivity contribution in [1.82, 2.24) is 6.15 Å². The minimum Gasteiger partial charge on any atom is -0.390 e. The van der Waals surface area contributed by atoms with E-state index in [1.807, 2.05) is 0 Å². The summed E-state index contributed by atoms with van der Waals surface area (Å²) >= 11 is 0. The van der Waals surface area contributed by atoms with Crippen LogP contribution >= 0.6 is 7.82 Å². The van der Waals surface area contributed by atoms with Crippen LogP contribution in [0.25, 0.3) is 0 Å². The normalized spacial score (nSPS) is 19.6. The van der Waals surface area contributed by atoms with Crippen molar-refractivity contribution in [3.8, 4) is 0 Å². The predicted molar refractivity (Wildman–Crippen MR) is 87.0 cm³/mol. The van der Waals surface area contributed by atoms with Gasteiger partial charge in [-0.2, -0.15) is 0 Å². The van der Waals surface area contributed by atoms with Crippen LogP contribution in [0.4, 0.5) is 0 Å². The van der Waals surface area contributed by atoms with Gasteiger partial charge < -0.3 is 21.3 Å². The molecule has 22 heavy (non-hydrogen) atoms. The number of unbranched alkanes of at least 4 members (excludes halogenated alkanes) is 5. The maximum atomic E-state index is 11.9. The van der Waals surface area contributed by atoms with Gasteiger partial charge in [0.05, 0.1) is 18.8 Å². The van der Waals surface area contributed by atoms with Crippen molar-refractivity contribution in [2.24, 2.45) is 0 Å². The van der Waals surface area contributed by atoms with Gasteiger partial charge in [-0.05, 0) is 27.2 Å². The van der Waals surface area contributed by atoms with Crippen LogP contribution in [0.2, 0.25) is 0 Å². The molecule has 0 amide bonds. The summed E-state index contributed by atoms with van der Waals surface area (Å²) in [4.78, 5) is 9.68. The Hall–Kier alpha value is -0.0100. The Morgan fingerprint density at radius 1 is 1.05 bits per heavy atom. The van der Waals surface area contributed by atoms with E-state index in [1.54, 1.807) is 0 Å². The first kappa shape index (κ1) is 24.2. The predicted octanol–water partition coefficient (Wildman–Crippen LogP) is 3.16. The average molecular weight is 343 g/mol. The molecule has 136 valence electrons. The van der Waals surface area contributed by atoms with Crippen molar-refractivity contribution in [1.29, 1.82) is 0 Å². The molecule has 0 aliphatic carbocycles. The Morgan fingerprint density at radius 2 is 1.50 bits per heavy atom. The summed E-state index contributed by atoms with van der Waals surface area (Å²) in [5, 5.41) is 19.2. The quantitative estimate of drug-likeness (QED) is 0.316. The molecule has 0 aromatic heterocycles. The van der Waals surface area contributed by atoms with E-state index < -0.39 is 25.6 Å². The molecule has 0 fully saturated rings. The Kier molecular flexibility index (Phi) is 12.7. The number of hydrogen-bond donors (Lipinski definition) is 4. The highest BCUT2D eigenvalue weighted by Crippen LogP contribution is 2.49. The van der Waals surface area contributed by atoms with Gasteiger partial charge in [0.15, 0.2) is 0 Å². The standard InChI is InChI=1S/C14H31O6P.H3N/c1-5-6-7-8-9-10-11-19-21(17,18)20-14(4,12(2)15)13(3)16;/h12-13,15-16H,5-11H2,1-4H3,(H,17,18);1H3. The third kappa shape index (κ3) is 9.20. The number of rotatable bonds is 12. The fraction of sp³-hybridized carbons (Fsp3) is 1.00. The molecule has 0 aliphatic rings. The second-order valence-corrected chi connectivity index (χ2v) is 7.07. The minimum absolute atomic E-state index is 0. The topological polar surface area (TPSA) is 131 Å². The molecule has 3 atom stereocenters. The fourth-order valence-electron chi connectivity index (χ4n) is 1.84. The molecule has 7 nitrogen and oxygen atoms in total. The Labute approximate surface area is 134 Å². The third-order valence-electron chi connectivity index (χ3n) is 3.72. The lowest BCUT2D eigenvalue weighted by molar-refractivity contribution is -0.117. The summed E-state index contributed by atoms with van der Waals surface area (Å²) in [5.74, 6) is 0. The number of phosphoric ester groups is 1. The van der Waals surface area contributed by atoms with E-state index in [4.69, 9.17) is 9.05 Å². The van der Waals surface area contributed by atoms with Crippen LogP contribution in [-0.4, -0.2) is 39.5 Å². The van der Waals surface area contributed by atoms with E-state index in [2.05, 4.69) is 6.92 Å². The first-order chi connectivity index (χ1) is 9.65. The summed E-state index contributed by atoms with van der Waals surface area (Å²) in [5.41, 5.74) is -1.55. The second-order valence-electron chi connectivity index (χ2n) is 5.70. The smallest absolute Gasteiger partial charge is 0.390 e. The van der Waals surface area contributed by atoms with Gasteiger partial charge in [0.25, 0.3) is 0 Å². The molecule has 6 N–H and O–H groups in total. The number of aliphatic hydroxyl groups excluding tert-OH is 2. The lowest BCUT2D eigenvalue weighted by atomic mass is 9.95. The average Bonchev–Trinajstić information content (AvgIpc) is 2.36. The first-order valence-electron chi connectivity index (χ1n) is 7.70. The Balaban J connectivity index is 0. The molecule has 3 unspecified atom stereocenters. The molecule has 8 heteroatoms. The van der Waals surface area contributed by atoms with Crippen LogP contribution in [-0.2, 0) is 13.6 Å². The van der Waals surface area contributed by atoms with Crippen molar-refractivity contribution in [3.63, 3.8) is 0 Å². The summed E-state index contributed by atoms with van der Waals surface area (Å²) < 4.78 is 21.7. The summed E-state index contributed by atoms with van der Waals surface area (Å²) in [6.45, 7) is 6.42. The van der Waals surface area contributed by atoms with Gasteiger partial charge in [0, 0.05) is 0 Å². The number of hydrogen-bond acceptors (Lipinski definition) is 6. The first-order valence-corrected chi connectivity index (χ1v) is 9.19. The summed E-state index contributed by atoms with van der Waals surface area (Å²) in [7, 11) is -4.30. The number of aliphatic hydroxyl groups is 2. The monoisotopic (exact) mass is 343 g/mol. The Bertz CT molecular complexity index is 316. The molecule has 0 spiro atoms. The van der Waals surface area contributed by atoms with Crippen molar-refractivity contribution in [3.05, 3.63) is 0 Å². The minimum atomic E-state index is -4.30. The largest absolute Gasteiger partial charge is 0.472 e.